The molecular formula is C24H15Cl3N2O4S. The standard InChI is InChI=1S/C24H15Cl3N2O4S/c25-17-5-3-6-18(22(17)27)32-13-20(30)29-28-12-14-8-10-15(11-9-14)33-24(31)23-21(26)16-4-1-2-7-19(16)34-23/h1-12H,13H2,(H,29,30)/b28-12+. The summed E-state index contributed by atoms with van der Waals surface area (Å²) in [6.07, 6.45) is 1.44. The van der Waals surface area contributed by atoms with Gasteiger partial charge in [0.05, 0.1) is 16.3 Å². The van der Waals surface area contributed by atoms with Gasteiger partial charge >= 0.3 is 5.97 Å². The Balaban J connectivity index is 1.30. The number of thiophene rings is 1. The summed E-state index contributed by atoms with van der Waals surface area (Å²) in [6, 6.07) is 19.0. The Labute approximate surface area is 213 Å². The molecule has 4 aromatic rings. The number of amides is 1. The smallest absolute Gasteiger partial charge is 0.355 e. The maximum Gasteiger partial charge on any atom is 0.355 e. The molecule has 0 fully saturated rings. The third-order valence-electron chi connectivity index (χ3n) is 4.49. The lowest BCUT2D eigenvalue weighted by Gasteiger charge is -2.07. The lowest BCUT2D eigenvalue weighted by atomic mass is 10.2. The number of hydrazone groups is 1. The predicted octanol–water partition coefficient (Wildman–Crippen LogP) is 6.61. The van der Waals surface area contributed by atoms with Gasteiger partial charge in [0.2, 0.25) is 0 Å². The number of halogens is 3. The first-order valence-electron chi connectivity index (χ1n) is 9.80. The summed E-state index contributed by atoms with van der Waals surface area (Å²) < 4.78 is 11.7. The second-order valence-corrected chi connectivity index (χ2v) is 9.05. The Bertz CT molecular complexity index is 1390. The van der Waals surface area contributed by atoms with Crippen LogP contribution in [0.25, 0.3) is 10.1 Å². The molecule has 1 heterocycles. The van der Waals surface area contributed by atoms with E-state index in [9.17, 15) is 9.59 Å². The first-order valence-corrected chi connectivity index (χ1v) is 11.8. The van der Waals surface area contributed by atoms with Gasteiger partial charge in [0.25, 0.3) is 5.91 Å². The first kappa shape index (κ1) is 24.0. The van der Waals surface area contributed by atoms with Gasteiger partial charge in [-0.3, -0.25) is 4.79 Å². The van der Waals surface area contributed by atoms with Crippen molar-refractivity contribution in [3.63, 3.8) is 0 Å². The number of fused-ring (bicyclic) bond motifs is 1. The molecule has 172 valence electrons. The Morgan fingerprint density at radius 1 is 0.941 bits per heavy atom. The minimum Gasteiger partial charge on any atom is -0.482 e. The van der Waals surface area contributed by atoms with Gasteiger partial charge in [0.1, 0.15) is 21.4 Å². The number of benzene rings is 3. The average Bonchev–Trinajstić information content (AvgIpc) is 3.18. The summed E-state index contributed by atoms with van der Waals surface area (Å²) in [5.41, 5.74) is 3.03. The maximum absolute atomic E-state index is 12.5. The fourth-order valence-corrected chi connectivity index (χ4v) is 4.60. The summed E-state index contributed by atoms with van der Waals surface area (Å²) in [5.74, 6) is -0.348. The van der Waals surface area contributed by atoms with E-state index in [-0.39, 0.29) is 11.6 Å². The van der Waals surface area contributed by atoms with Gasteiger partial charge in [-0.25, -0.2) is 10.2 Å². The SMILES string of the molecule is O=C(COc1cccc(Cl)c1Cl)N/N=C/c1ccc(OC(=O)c2sc3ccccc3c2Cl)cc1. The van der Waals surface area contributed by atoms with Crippen molar-refractivity contribution in [3.05, 3.63) is 92.2 Å². The van der Waals surface area contributed by atoms with Gasteiger partial charge in [-0.05, 0) is 48.0 Å². The minimum atomic E-state index is -0.528. The molecule has 0 unspecified atom stereocenters. The van der Waals surface area contributed by atoms with Crippen LogP contribution >= 0.6 is 46.1 Å². The topological polar surface area (TPSA) is 77.0 Å². The fraction of sp³-hybridized carbons (Fsp3) is 0.0417. The molecule has 34 heavy (non-hydrogen) atoms. The summed E-state index contributed by atoms with van der Waals surface area (Å²) >= 11 is 19.5. The van der Waals surface area contributed by atoms with Crippen molar-refractivity contribution in [2.75, 3.05) is 6.61 Å². The predicted molar refractivity (Wildman–Crippen MR) is 136 cm³/mol. The number of ether oxygens (including phenoxy) is 2. The fourth-order valence-electron chi connectivity index (χ4n) is 2.87. The molecule has 0 aliphatic rings. The molecule has 0 aliphatic heterocycles. The van der Waals surface area contributed by atoms with Crippen molar-refractivity contribution in [3.8, 4) is 11.5 Å². The highest BCUT2D eigenvalue weighted by Crippen LogP contribution is 2.35. The largest absolute Gasteiger partial charge is 0.482 e. The zero-order valence-corrected chi connectivity index (χ0v) is 20.3. The summed E-state index contributed by atoms with van der Waals surface area (Å²) in [6.45, 7) is -0.285. The van der Waals surface area contributed by atoms with Crippen LogP contribution in [0, 0.1) is 0 Å². The van der Waals surface area contributed by atoms with Crippen LogP contribution in [0.4, 0.5) is 0 Å². The number of rotatable bonds is 7. The Morgan fingerprint density at radius 2 is 1.71 bits per heavy atom. The van der Waals surface area contributed by atoms with E-state index in [1.807, 2.05) is 24.3 Å². The summed E-state index contributed by atoms with van der Waals surface area (Å²) in [4.78, 5) is 24.8. The van der Waals surface area contributed by atoms with Crippen LogP contribution < -0.4 is 14.9 Å². The highest BCUT2D eigenvalue weighted by molar-refractivity contribution is 7.21. The van der Waals surface area contributed by atoms with Crippen molar-refractivity contribution in [1.29, 1.82) is 0 Å². The molecule has 0 spiro atoms. The number of nitrogens with zero attached hydrogens (tertiary/aromatic N) is 1. The molecule has 0 saturated heterocycles. The van der Waals surface area contributed by atoms with Crippen molar-refractivity contribution in [1.82, 2.24) is 5.43 Å². The average molecular weight is 534 g/mol. The third-order valence-corrected chi connectivity index (χ3v) is 6.95. The van der Waals surface area contributed by atoms with Crippen LogP contribution in [0.3, 0.4) is 0 Å². The third kappa shape index (κ3) is 5.69. The molecule has 6 nitrogen and oxygen atoms in total. The van der Waals surface area contributed by atoms with E-state index in [2.05, 4.69) is 10.5 Å². The number of carbonyl (C=O) groups excluding carboxylic acids is 2. The molecule has 10 heteroatoms. The lowest BCUT2D eigenvalue weighted by molar-refractivity contribution is -0.123. The Hall–Kier alpha value is -3.10. The van der Waals surface area contributed by atoms with Gasteiger partial charge in [-0.1, -0.05) is 59.1 Å². The van der Waals surface area contributed by atoms with Crippen LogP contribution in [-0.2, 0) is 4.79 Å². The second kappa shape index (κ2) is 10.9. The van der Waals surface area contributed by atoms with Crippen LogP contribution in [0.1, 0.15) is 15.2 Å². The van der Waals surface area contributed by atoms with Crippen molar-refractivity contribution in [2.45, 2.75) is 0 Å². The molecule has 4 rings (SSSR count). The molecule has 3 aromatic carbocycles. The quantitative estimate of drug-likeness (QED) is 0.125. The second-order valence-electron chi connectivity index (χ2n) is 6.83. The van der Waals surface area contributed by atoms with Crippen LogP contribution in [0.5, 0.6) is 11.5 Å². The molecule has 0 radical (unpaired) electrons. The number of nitrogens with one attached hydrogen (secondary N) is 1. The summed E-state index contributed by atoms with van der Waals surface area (Å²) in [5, 5.41) is 5.64. The highest BCUT2D eigenvalue weighted by Gasteiger charge is 2.18. The lowest BCUT2D eigenvalue weighted by Crippen LogP contribution is -2.24. The van der Waals surface area contributed by atoms with Crippen LogP contribution in [-0.4, -0.2) is 24.7 Å². The van der Waals surface area contributed by atoms with E-state index in [0.717, 1.165) is 10.1 Å². The zero-order valence-electron chi connectivity index (χ0n) is 17.3. The molecule has 1 amide bonds. The van der Waals surface area contributed by atoms with Crippen molar-refractivity contribution < 1.29 is 19.1 Å². The van der Waals surface area contributed by atoms with Gasteiger partial charge in [0, 0.05) is 10.1 Å². The van der Waals surface area contributed by atoms with Crippen LogP contribution in [0.15, 0.2) is 71.8 Å². The molecule has 0 aliphatic carbocycles. The van der Waals surface area contributed by atoms with Crippen molar-refractivity contribution >= 4 is 74.3 Å². The molecule has 0 bridgehead atoms. The normalized spacial score (nSPS) is 11.0. The van der Waals surface area contributed by atoms with Gasteiger partial charge in [0.15, 0.2) is 6.61 Å². The zero-order chi connectivity index (χ0) is 24.1. The number of hydrogen-bond donors (Lipinski definition) is 1. The molecule has 1 aromatic heterocycles. The van der Waals surface area contributed by atoms with E-state index < -0.39 is 11.9 Å². The van der Waals surface area contributed by atoms with Gasteiger partial charge in [-0.15, -0.1) is 11.3 Å². The van der Waals surface area contributed by atoms with Crippen LogP contribution in [0.2, 0.25) is 15.1 Å². The number of hydrogen-bond acceptors (Lipinski definition) is 6. The van der Waals surface area contributed by atoms with Gasteiger partial charge in [-0.2, -0.15) is 5.10 Å². The molecule has 0 atom stereocenters. The first-order chi connectivity index (χ1) is 16.4. The number of esters is 1. The molecule has 0 saturated carbocycles. The van der Waals surface area contributed by atoms with Crippen molar-refractivity contribution in [2.24, 2.45) is 5.10 Å². The van der Waals surface area contributed by atoms with Gasteiger partial charge < -0.3 is 9.47 Å². The van der Waals surface area contributed by atoms with E-state index in [0.29, 0.717) is 32.0 Å². The molecule has 1 N–H and O–H groups in total. The molecular weight excluding hydrogens is 519 g/mol. The van der Waals surface area contributed by atoms with E-state index in [1.54, 1.807) is 42.5 Å². The Kier molecular flexibility index (Phi) is 7.70. The Morgan fingerprint density at radius 3 is 2.47 bits per heavy atom. The van der Waals surface area contributed by atoms with E-state index in [1.165, 1.54) is 17.6 Å². The summed E-state index contributed by atoms with van der Waals surface area (Å²) in [7, 11) is 0. The maximum atomic E-state index is 12.5. The highest BCUT2D eigenvalue weighted by atomic mass is 35.5. The number of carbonyl (C=O) groups is 2. The van der Waals surface area contributed by atoms with E-state index in [4.69, 9.17) is 44.3 Å². The monoisotopic (exact) mass is 532 g/mol. The minimum absolute atomic E-state index is 0.232. The van der Waals surface area contributed by atoms with E-state index >= 15 is 0 Å².